The van der Waals surface area contributed by atoms with Crippen LogP contribution in [0.25, 0.3) is 10.9 Å². The molecule has 0 saturated heterocycles. The molecule has 1 N–H and O–H groups in total. The van der Waals surface area contributed by atoms with Crippen LogP contribution in [-0.4, -0.2) is 16.3 Å². The molecular weight excluding hydrogens is 288 g/mol. The highest BCUT2D eigenvalue weighted by atomic mass is 16.2. The van der Waals surface area contributed by atoms with Gasteiger partial charge in [-0.2, -0.15) is 0 Å². The predicted octanol–water partition coefficient (Wildman–Crippen LogP) is 3.79. The molecule has 0 aliphatic carbocycles. The lowest BCUT2D eigenvalue weighted by atomic mass is 10.1. The molecule has 0 spiro atoms. The summed E-state index contributed by atoms with van der Waals surface area (Å²) in [6.07, 6.45) is 1.75. The Morgan fingerprint density at radius 3 is 2.43 bits per heavy atom. The highest BCUT2D eigenvalue weighted by Crippen LogP contribution is 2.22. The van der Waals surface area contributed by atoms with E-state index in [-0.39, 0.29) is 18.2 Å². The summed E-state index contributed by atoms with van der Waals surface area (Å²) in [7, 11) is 0. The molecule has 116 valence electrons. The van der Waals surface area contributed by atoms with Gasteiger partial charge in [-0.05, 0) is 32.0 Å². The average molecular weight is 306 g/mol. The van der Waals surface area contributed by atoms with Crippen molar-refractivity contribution in [2.24, 2.45) is 0 Å². The second kappa shape index (κ2) is 6.08. The van der Waals surface area contributed by atoms with E-state index in [0.29, 0.717) is 5.56 Å². The summed E-state index contributed by atoms with van der Waals surface area (Å²) in [6, 6.07) is 15.3. The maximum atomic E-state index is 12.3. The van der Waals surface area contributed by atoms with E-state index in [0.717, 1.165) is 22.2 Å². The van der Waals surface area contributed by atoms with Crippen molar-refractivity contribution in [3.05, 3.63) is 65.9 Å². The molecule has 3 rings (SSSR count). The summed E-state index contributed by atoms with van der Waals surface area (Å²) >= 11 is 0. The second-order valence-electron chi connectivity index (χ2n) is 5.66. The first-order chi connectivity index (χ1) is 11.0. The van der Waals surface area contributed by atoms with E-state index in [4.69, 9.17) is 0 Å². The van der Waals surface area contributed by atoms with E-state index in [9.17, 15) is 9.59 Å². The maximum absolute atomic E-state index is 12.3. The molecule has 0 saturated carbocycles. The van der Waals surface area contributed by atoms with Gasteiger partial charge < -0.3 is 9.88 Å². The van der Waals surface area contributed by atoms with Crippen LogP contribution >= 0.6 is 0 Å². The quantitative estimate of drug-likeness (QED) is 0.746. The van der Waals surface area contributed by atoms with E-state index >= 15 is 0 Å². The summed E-state index contributed by atoms with van der Waals surface area (Å²) < 4.78 is 1.82. The smallest absolute Gasteiger partial charge is 0.244 e. The van der Waals surface area contributed by atoms with Crippen LogP contribution in [0.15, 0.2) is 54.7 Å². The third-order valence-electron chi connectivity index (χ3n) is 3.82. The van der Waals surface area contributed by atoms with Crippen molar-refractivity contribution in [2.75, 3.05) is 5.32 Å². The van der Waals surface area contributed by atoms with Gasteiger partial charge in [0, 0.05) is 28.4 Å². The van der Waals surface area contributed by atoms with Gasteiger partial charge >= 0.3 is 0 Å². The SMILES string of the molecule is CC(=O)c1cn(CC(=O)Nc2ccc(C)cc2)c2ccccc12. The number of hydrogen-bond donors (Lipinski definition) is 1. The number of para-hydroxylation sites is 1. The number of anilines is 1. The van der Waals surface area contributed by atoms with Gasteiger partial charge in [0.15, 0.2) is 5.78 Å². The van der Waals surface area contributed by atoms with Gasteiger partial charge in [-0.25, -0.2) is 0 Å². The molecule has 0 bridgehead atoms. The summed E-state index contributed by atoms with van der Waals surface area (Å²) in [5.41, 5.74) is 3.44. The predicted molar refractivity (Wildman–Crippen MR) is 91.8 cm³/mol. The lowest BCUT2D eigenvalue weighted by Gasteiger charge is -2.07. The lowest BCUT2D eigenvalue weighted by molar-refractivity contribution is -0.116. The van der Waals surface area contributed by atoms with E-state index in [1.165, 1.54) is 0 Å². The number of rotatable bonds is 4. The minimum Gasteiger partial charge on any atom is -0.337 e. The Kier molecular flexibility index (Phi) is 3.98. The zero-order valence-electron chi connectivity index (χ0n) is 13.2. The van der Waals surface area contributed by atoms with Crippen molar-refractivity contribution in [2.45, 2.75) is 20.4 Å². The number of nitrogens with one attached hydrogen (secondary N) is 1. The Morgan fingerprint density at radius 1 is 1.04 bits per heavy atom. The standard InChI is InChI=1S/C19H18N2O2/c1-13-7-9-15(10-8-13)20-19(23)12-21-11-17(14(2)22)16-5-3-4-6-18(16)21/h3-11H,12H2,1-2H3,(H,20,23). The zero-order valence-corrected chi connectivity index (χ0v) is 13.2. The second-order valence-corrected chi connectivity index (χ2v) is 5.66. The number of hydrogen-bond acceptors (Lipinski definition) is 2. The van der Waals surface area contributed by atoms with Crippen LogP contribution in [0.1, 0.15) is 22.8 Å². The van der Waals surface area contributed by atoms with E-state index < -0.39 is 0 Å². The topological polar surface area (TPSA) is 51.1 Å². The van der Waals surface area contributed by atoms with E-state index in [1.807, 2.05) is 60.0 Å². The minimum absolute atomic E-state index is 0.00103. The summed E-state index contributed by atoms with van der Waals surface area (Å²) in [4.78, 5) is 24.0. The molecule has 1 amide bonds. The van der Waals surface area contributed by atoms with Crippen LogP contribution in [0.2, 0.25) is 0 Å². The first-order valence-corrected chi connectivity index (χ1v) is 7.50. The van der Waals surface area contributed by atoms with Crippen LogP contribution in [0.5, 0.6) is 0 Å². The number of aryl methyl sites for hydroxylation is 1. The van der Waals surface area contributed by atoms with E-state index in [1.54, 1.807) is 13.1 Å². The molecule has 0 aliphatic rings. The van der Waals surface area contributed by atoms with Gasteiger partial charge in [0.2, 0.25) is 5.91 Å². The van der Waals surface area contributed by atoms with Crippen molar-refractivity contribution >= 4 is 28.3 Å². The summed E-state index contributed by atoms with van der Waals surface area (Å²) in [6.45, 7) is 3.71. The van der Waals surface area contributed by atoms with Crippen LogP contribution < -0.4 is 5.32 Å². The number of carbonyl (C=O) groups is 2. The Labute approximate surface area is 134 Å². The minimum atomic E-state index is -0.121. The molecule has 4 heteroatoms. The number of benzene rings is 2. The van der Waals surface area contributed by atoms with Crippen LogP contribution in [0, 0.1) is 6.92 Å². The van der Waals surface area contributed by atoms with Crippen molar-refractivity contribution in [1.29, 1.82) is 0 Å². The average Bonchev–Trinajstić information content (AvgIpc) is 2.89. The maximum Gasteiger partial charge on any atom is 0.244 e. The summed E-state index contributed by atoms with van der Waals surface area (Å²) in [5, 5.41) is 3.75. The van der Waals surface area contributed by atoms with Gasteiger partial charge in [-0.15, -0.1) is 0 Å². The van der Waals surface area contributed by atoms with Gasteiger partial charge in [-0.3, -0.25) is 9.59 Å². The first-order valence-electron chi connectivity index (χ1n) is 7.50. The van der Waals surface area contributed by atoms with Crippen LogP contribution in [-0.2, 0) is 11.3 Å². The number of fused-ring (bicyclic) bond motifs is 1. The lowest BCUT2D eigenvalue weighted by Crippen LogP contribution is -2.18. The molecule has 1 aromatic heterocycles. The number of amides is 1. The molecule has 0 fully saturated rings. The van der Waals surface area contributed by atoms with Crippen molar-refractivity contribution in [1.82, 2.24) is 4.57 Å². The molecule has 0 atom stereocenters. The van der Waals surface area contributed by atoms with Crippen molar-refractivity contribution in [3.8, 4) is 0 Å². The molecule has 23 heavy (non-hydrogen) atoms. The summed E-state index contributed by atoms with van der Waals surface area (Å²) in [5.74, 6) is -0.122. The Balaban J connectivity index is 1.85. The molecule has 0 aliphatic heterocycles. The zero-order chi connectivity index (χ0) is 16.4. The number of nitrogens with zero attached hydrogens (tertiary/aromatic N) is 1. The van der Waals surface area contributed by atoms with Crippen molar-refractivity contribution in [3.63, 3.8) is 0 Å². The van der Waals surface area contributed by atoms with Gasteiger partial charge in [0.25, 0.3) is 0 Å². The fourth-order valence-electron chi connectivity index (χ4n) is 2.65. The molecule has 3 aromatic rings. The first kappa shape index (κ1) is 15.0. The van der Waals surface area contributed by atoms with Crippen molar-refractivity contribution < 1.29 is 9.59 Å². The fourth-order valence-corrected chi connectivity index (χ4v) is 2.65. The molecule has 0 radical (unpaired) electrons. The van der Waals surface area contributed by atoms with E-state index in [2.05, 4.69) is 5.32 Å². The van der Waals surface area contributed by atoms with Gasteiger partial charge in [-0.1, -0.05) is 35.9 Å². The normalized spacial score (nSPS) is 10.7. The molecule has 1 heterocycles. The fraction of sp³-hybridized carbons (Fsp3) is 0.158. The molecule has 2 aromatic carbocycles. The number of carbonyl (C=O) groups excluding carboxylic acids is 2. The highest BCUT2D eigenvalue weighted by Gasteiger charge is 2.13. The van der Waals surface area contributed by atoms with Crippen LogP contribution in [0.4, 0.5) is 5.69 Å². The Hall–Kier alpha value is -2.88. The van der Waals surface area contributed by atoms with Gasteiger partial charge in [0.1, 0.15) is 6.54 Å². The largest absolute Gasteiger partial charge is 0.337 e. The Bertz CT molecular complexity index is 876. The van der Waals surface area contributed by atoms with Crippen LogP contribution in [0.3, 0.4) is 0 Å². The number of aromatic nitrogens is 1. The molecule has 4 nitrogen and oxygen atoms in total. The third kappa shape index (κ3) is 3.16. The number of ketones is 1. The van der Waals surface area contributed by atoms with Gasteiger partial charge in [0.05, 0.1) is 0 Å². The molecule has 0 unspecified atom stereocenters. The molecular formula is C19H18N2O2. The third-order valence-corrected chi connectivity index (χ3v) is 3.82. The highest BCUT2D eigenvalue weighted by molar-refractivity contribution is 6.07. The monoisotopic (exact) mass is 306 g/mol. The number of Topliss-reactive ketones (excluding diaryl/α,β-unsaturated/α-hetero) is 1. The Morgan fingerprint density at radius 2 is 1.74 bits per heavy atom.